The molecule has 6 nitrogen and oxygen atoms in total. The van der Waals surface area contributed by atoms with E-state index in [2.05, 4.69) is 33.9 Å². The lowest BCUT2D eigenvalue weighted by atomic mass is 10.0. The van der Waals surface area contributed by atoms with Gasteiger partial charge < -0.3 is 22.1 Å². The van der Waals surface area contributed by atoms with Gasteiger partial charge in [-0.15, -0.1) is 0 Å². The molecule has 0 aliphatic carbocycles. The summed E-state index contributed by atoms with van der Waals surface area (Å²) < 4.78 is 0. The molecule has 1 aliphatic rings. The van der Waals surface area contributed by atoms with Crippen LogP contribution in [0.15, 0.2) is 34.3 Å². The zero-order valence-electron chi connectivity index (χ0n) is 11.8. The molecule has 6 heteroatoms. The fourth-order valence-electron chi connectivity index (χ4n) is 2.49. The maximum absolute atomic E-state index is 5.60. The third-order valence-electron chi connectivity index (χ3n) is 3.47. The summed E-state index contributed by atoms with van der Waals surface area (Å²) in [4.78, 5) is 10.2. The molecule has 1 aromatic rings. The molecule has 1 saturated heterocycles. The lowest BCUT2D eigenvalue weighted by Gasteiger charge is -2.35. The Morgan fingerprint density at radius 2 is 1.85 bits per heavy atom. The molecule has 1 aromatic carbocycles. The third-order valence-corrected chi connectivity index (χ3v) is 3.47. The molecule has 1 atom stereocenters. The summed E-state index contributed by atoms with van der Waals surface area (Å²) in [7, 11) is 0. The van der Waals surface area contributed by atoms with Crippen LogP contribution in [0.25, 0.3) is 0 Å². The molecule has 108 valence electrons. The average molecular weight is 274 g/mol. The summed E-state index contributed by atoms with van der Waals surface area (Å²) in [5.74, 6) is -0.0332. The lowest BCUT2D eigenvalue weighted by molar-refractivity contribution is 0.485. The van der Waals surface area contributed by atoms with Crippen molar-refractivity contribution >= 4 is 23.3 Å². The number of benzene rings is 1. The molecular formula is C14H22N6. The van der Waals surface area contributed by atoms with E-state index < -0.39 is 0 Å². The molecule has 0 aromatic heterocycles. The highest BCUT2D eigenvalue weighted by molar-refractivity contribution is 5.93. The van der Waals surface area contributed by atoms with Crippen molar-refractivity contribution in [3.05, 3.63) is 24.3 Å². The van der Waals surface area contributed by atoms with Crippen molar-refractivity contribution in [2.45, 2.75) is 32.2 Å². The maximum Gasteiger partial charge on any atom is 0.223 e. The Hall–Kier alpha value is -2.24. The van der Waals surface area contributed by atoms with Gasteiger partial charge in [0.05, 0.1) is 5.69 Å². The van der Waals surface area contributed by atoms with Crippen LogP contribution in [0.4, 0.5) is 11.4 Å². The topological polar surface area (TPSA) is 106 Å². The van der Waals surface area contributed by atoms with Crippen LogP contribution in [0.3, 0.4) is 0 Å². The Labute approximate surface area is 119 Å². The van der Waals surface area contributed by atoms with E-state index in [9.17, 15) is 0 Å². The minimum absolute atomic E-state index is 0.0593. The zero-order chi connectivity index (χ0) is 14.5. The van der Waals surface area contributed by atoms with Gasteiger partial charge in [-0.25, -0.2) is 4.99 Å². The minimum atomic E-state index is -0.0926. The summed E-state index contributed by atoms with van der Waals surface area (Å²) in [5.41, 5.74) is 18.0. The normalized spacial score (nSPS) is 19.8. The summed E-state index contributed by atoms with van der Waals surface area (Å²) in [6, 6.07) is 8.55. The van der Waals surface area contributed by atoms with Crippen molar-refractivity contribution in [1.82, 2.24) is 0 Å². The van der Waals surface area contributed by atoms with Crippen LogP contribution in [0.2, 0.25) is 0 Å². The van der Waals surface area contributed by atoms with Crippen LogP contribution in [-0.2, 0) is 0 Å². The van der Waals surface area contributed by atoms with Crippen molar-refractivity contribution in [3.63, 3.8) is 0 Å². The molecule has 2 rings (SSSR count). The van der Waals surface area contributed by atoms with Gasteiger partial charge in [-0.3, -0.25) is 0 Å². The second-order valence-electron chi connectivity index (χ2n) is 5.06. The SMILES string of the molecule is CC1CCCCN1c1ccc(N=C(N)N=C(N)N)cc1. The van der Waals surface area contributed by atoms with Gasteiger partial charge in [0.15, 0.2) is 5.96 Å². The Balaban J connectivity index is 2.12. The molecule has 0 amide bonds. The van der Waals surface area contributed by atoms with Gasteiger partial charge >= 0.3 is 0 Å². The van der Waals surface area contributed by atoms with Gasteiger partial charge in [0.1, 0.15) is 0 Å². The fraction of sp³-hybridized carbons (Fsp3) is 0.429. The van der Waals surface area contributed by atoms with E-state index in [0.29, 0.717) is 6.04 Å². The standard InChI is InChI=1S/C14H22N6/c1-10-4-2-3-9-20(10)12-7-5-11(6-8-12)18-14(17)19-13(15)16/h5-8,10H,2-4,9H2,1H3,(H6,15,16,17,18,19). The molecule has 6 N–H and O–H groups in total. The predicted molar refractivity (Wildman–Crippen MR) is 84.2 cm³/mol. The molecule has 20 heavy (non-hydrogen) atoms. The number of nitrogens with two attached hydrogens (primary N) is 3. The van der Waals surface area contributed by atoms with Crippen molar-refractivity contribution in [2.75, 3.05) is 11.4 Å². The van der Waals surface area contributed by atoms with Crippen LogP contribution >= 0.6 is 0 Å². The largest absolute Gasteiger partial charge is 0.370 e. The van der Waals surface area contributed by atoms with Crippen molar-refractivity contribution < 1.29 is 0 Å². The van der Waals surface area contributed by atoms with Gasteiger partial charge in [0, 0.05) is 18.3 Å². The molecule has 0 saturated carbocycles. The van der Waals surface area contributed by atoms with E-state index in [1.165, 1.54) is 24.9 Å². The first-order valence-electron chi connectivity index (χ1n) is 6.87. The number of guanidine groups is 2. The van der Waals surface area contributed by atoms with E-state index in [0.717, 1.165) is 12.2 Å². The summed E-state index contributed by atoms with van der Waals surface area (Å²) in [6.45, 7) is 3.38. The van der Waals surface area contributed by atoms with Gasteiger partial charge in [-0.05, 0) is 50.5 Å². The second-order valence-corrected chi connectivity index (χ2v) is 5.06. The van der Waals surface area contributed by atoms with Gasteiger partial charge in [0.2, 0.25) is 5.96 Å². The van der Waals surface area contributed by atoms with Crippen LogP contribution < -0.4 is 22.1 Å². The van der Waals surface area contributed by atoms with E-state index >= 15 is 0 Å². The molecule has 0 radical (unpaired) electrons. The van der Waals surface area contributed by atoms with Crippen molar-refractivity contribution in [2.24, 2.45) is 27.2 Å². The highest BCUT2D eigenvalue weighted by Gasteiger charge is 2.18. The Bertz CT molecular complexity index is 501. The van der Waals surface area contributed by atoms with Crippen LogP contribution in [-0.4, -0.2) is 24.5 Å². The number of piperidine rings is 1. The Kier molecular flexibility index (Phi) is 4.45. The molecule has 0 bridgehead atoms. The predicted octanol–water partition coefficient (Wildman–Crippen LogP) is 1.29. The third kappa shape index (κ3) is 3.63. The molecule has 1 aliphatic heterocycles. The fourth-order valence-corrected chi connectivity index (χ4v) is 2.49. The number of hydrogen-bond acceptors (Lipinski definition) is 2. The minimum Gasteiger partial charge on any atom is -0.370 e. The number of rotatable bonds is 2. The molecule has 1 heterocycles. The van der Waals surface area contributed by atoms with Crippen molar-refractivity contribution in [3.8, 4) is 0 Å². The van der Waals surface area contributed by atoms with Crippen LogP contribution in [0, 0.1) is 0 Å². The van der Waals surface area contributed by atoms with Gasteiger partial charge in [0.25, 0.3) is 0 Å². The molecule has 1 unspecified atom stereocenters. The average Bonchev–Trinajstić information content (AvgIpc) is 2.39. The maximum atomic E-state index is 5.60. The lowest BCUT2D eigenvalue weighted by Crippen LogP contribution is -2.37. The van der Waals surface area contributed by atoms with Crippen LogP contribution in [0.5, 0.6) is 0 Å². The second kappa shape index (κ2) is 6.27. The van der Waals surface area contributed by atoms with Crippen molar-refractivity contribution in [1.29, 1.82) is 0 Å². The highest BCUT2D eigenvalue weighted by Crippen LogP contribution is 2.26. The summed E-state index contributed by atoms with van der Waals surface area (Å²) >= 11 is 0. The van der Waals surface area contributed by atoms with Gasteiger partial charge in [-0.1, -0.05) is 0 Å². The molecular weight excluding hydrogens is 252 g/mol. The zero-order valence-corrected chi connectivity index (χ0v) is 11.8. The quantitative estimate of drug-likeness (QED) is 0.558. The number of hydrogen-bond donors (Lipinski definition) is 3. The molecule has 1 fully saturated rings. The molecule has 0 spiro atoms. The summed E-state index contributed by atoms with van der Waals surface area (Å²) in [6.07, 6.45) is 3.81. The van der Waals surface area contributed by atoms with E-state index in [1.807, 2.05) is 12.1 Å². The number of nitrogens with zero attached hydrogens (tertiary/aromatic N) is 3. The monoisotopic (exact) mass is 274 g/mol. The van der Waals surface area contributed by atoms with Crippen LogP contribution in [0.1, 0.15) is 26.2 Å². The number of anilines is 1. The first-order chi connectivity index (χ1) is 9.56. The van der Waals surface area contributed by atoms with Gasteiger partial charge in [-0.2, -0.15) is 4.99 Å². The van der Waals surface area contributed by atoms with E-state index in [1.54, 1.807) is 0 Å². The Morgan fingerprint density at radius 1 is 1.15 bits per heavy atom. The first-order valence-corrected chi connectivity index (χ1v) is 6.87. The highest BCUT2D eigenvalue weighted by atomic mass is 15.2. The Morgan fingerprint density at radius 3 is 2.45 bits per heavy atom. The smallest absolute Gasteiger partial charge is 0.223 e. The summed E-state index contributed by atoms with van der Waals surface area (Å²) in [5, 5.41) is 0. The van der Waals surface area contributed by atoms with E-state index in [-0.39, 0.29) is 11.9 Å². The number of aliphatic imine (C=N–C) groups is 2. The van der Waals surface area contributed by atoms with E-state index in [4.69, 9.17) is 17.2 Å². The first kappa shape index (κ1) is 14.2.